The number of benzene rings is 2. The molecule has 1 spiro atoms. The van der Waals surface area contributed by atoms with E-state index >= 15 is 0 Å². The van der Waals surface area contributed by atoms with Gasteiger partial charge in [0.2, 0.25) is 12.6 Å². The fourth-order valence-corrected chi connectivity index (χ4v) is 9.13. The van der Waals surface area contributed by atoms with Gasteiger partial charge in [0.05, 0.1) is 5.92 Å². The Morgan fingerprint density at radius 1 is 0.833 bits per heavy atom. The Morgan fingerprint density at radius 3 is 1.92 bits per heavy atom. The van der Waals surface area contributed by atoms with Gasteiger partial charge >= 0.3 is 29.8 Å². The SMILES string of the molecule is C=CC(=C)[C@H](C[C@@]1(C)[C@@H](C)C[C@@H](OC(=O)[C@@H](OC)c2ccccc2)C23C(=C[C@@H](OC(=O)C(C)CC)C[C@@H]21)[C@H](OC(C)=O)O[C@@H]3OC(C)=O)OC(=O)[C@@H](OC)c1ccccc1. The molecule has 13 heteroatoms. The molecule has 2 aromatic carbocycles. The summed E-state index contributed by atoms with van der Waals surface area (Å²) in [6.07, 6.45) is -3.79. The second kappa shape index (κ2) is 19.5. The van der Waals surface area contributed by atoms with Gasteiger partial charge in [-0.3, -0.25) is 19.1 Å². The molecular formula is C47H58O13. The van der Waals surface area contributed by atoms with Crippen molar-refractivity contribution < 1.29 is 61.9 Å². The van der Waals surface area contributed by atoms with Crippen molar-refractivity contribution in [3.8, 4) is 0 Å². The molecule has 1 saturated heterocycles. The second-order valence-electron chi connectivity index (χ2n) is 16.2. The van der Waals surface area contributed by atoms with Crippen LogP contribution in [-0.2, 0) is 61.9 Å². The van der Waals surface area contributed by atoms with E-state index in [0.29, 0.717) is 28.7 Å². The number of methoxy groups -OCH3 is 2. The van der Waals surface area contributed by atoms with Crippen LogP contribution in [0, 0.1) is 28.6 Å². The predicted molar refractivity (Wildman–Crippen MR) is 218 cm³/mol. The van der Waals surface area contributed by atoms with Crippen molar-refractivity contribution in [2.45, 2.75) is 110 Å². The summed E-state index contributed by atoms with van der Waals surface area (Å²) in [7, 11) is 2.82. The molecule has 2 aromatic rings. The van der Waals surface area contributed by atoms with Crippen LogP contribution in [0.3, 0.4) is 0 Å². The first-order valence-electron chi connectivity index (χ1n) is 20.4. The van der Waals surface area contributed by atoms with Gasteiger partial charge in [0.25, 0.3) is 0 Å². The normalized spacial score (nSPS) is 28.8. The summed E-state index contributed by atoms with van der Waals surface area (Å²) in [5.41, 5.74) is -0.583. The van der Waals surface area contributed by atoms with Crippen molar-refractivity contribution >= 4 is 29.8 Å². The van der Waals surface area contributed by atoms with Crippen LogP contribution in [0.25, 0.3) is 0 Å². The quantitative estimate of drug-likeness (QED) is 0.0670. The molecule has 2 aliphatic carbocycles. The lowest BCUT2D eigenvalue weighted by molar-refractivity contribution is -0.261. The van der Waals surface area contributed by atoms with E-state index in [1.807, 2.05) is 32.9 Å². The van der Waals surface area contributed by atoms with E-state index in [2.05, 4.69) is 13.2 Å². The fraction of sp³-hybridized carbons (Fsp3) is 0.511. The van der Waals surface area contributed by atoms with E-state index in [4.69, 9.17) is 37.9 Å². The third kappa shape index (κ3) is 9.28. The van der Waals surface area contributed by atoms with Gasteiger partial charge in [0.1, 0.15) is 23.7 Å². The highest BCUT2D eigenvalue weighted by atomic mass is 16.8. The molecule has 0 radical (unpaired) electrons. The zero-order chi connectivity index (χ0) is 43.9. The highest BCUT2D eigenvalue weighted by Gasteiger charge is 2.73. The molecule has 0 N–H and O–H groups in total. The number of esters is 5. The second-order valence-corrected chi connectivity index (χ2v) is 16.2. The summed E-state index contributed by atoms with van der Waals surface area (Å²) in [5, 5.41) is 0. The standard InChI is InChI=1S/C47H58O13/c1-11-27(3)36(58-42(51)39(53-9)32-19-15-13-16-20-32)26-46(8)29(5)23-38(59-43(52)40(54-10)33-21-17-14-18-22-33)47-35(44(55-30(6)48)60-45(47)56-31(7)49)24-34(25-37(46)47)57-41(50)28(4)12-2/h11,13-22,24,28-29,34,36-40,44-45H,1,3,12,23,25-26H2,2,4-10H3/t28?,29-,34+,36-,37+,38+,39-,40-,44+,45-,46-,47?/m0/s1. The smallest absolute Gasteiger partial charge is 0.340 e. The lowest BCUT2D eigenvalue weighted by Gasteiger charge is -2.61. The summed E-state index contributed by atoms with van der Waals surface area (Å²) in [4.78, 5) is 67.5. The van der Waals surface area contributed by atoms with Crippen molar-refractivity contribution in [2.75, 3.05) is 14.2 Å². The van der Waals surface area contributed by atoms with Gasteiger partial charge in [-0.25, -0.2) is 9.59 Å². The van der Waals surface area contributed by atoms with E-state index in [9.17, 15) is 24.0 Å². The number of carbonyl (C=O) groups excluding carboxylic acids is 5. The van der Waals surface area contributed by atoms with Crippen molar-refractivity contribution in [1.29, 1.82) is 0 Å². The van der Waals surface area contributed by atoms with Crippen LogP contribution in [0.1, 0.15) is 90.6 Å². The minimum atomic E-state index is -1.53. The number of carbonyl (C=O) groups is 5. The Labute approximate surface area is 352 Å². The molecular weight excluding hydrogens is 773 g/mol. The Balaban J connectivity index is 1.70. The molecule has 0 amide bonds. The third-order valence-electron chi connectivity index (χ3n) is 12.6. The van der Waals surface area contributed by atoms with Gasteiger partial charge in [0.15, 0.2) is 12.2 Å². The minimum absolute atomic E-state index is 0.132. The Morgan fingerprint density at radius 2 is 1.40 bits per heavy atom. The Hall–Kier alpha value is -5.11. The van der Waals surface area contributed by atoms with E-state index in [1.165, 1.54) is 34.1 Å². The van der Waals surface area contributed by atoms with Gasteiger partial charge in [-0.15, -0.1) is 0 Å². The van der Waals surface area contributed by atoms with Crippen LogP contribution in [0.2, 0.25) is 0 Å². The molecule has 2 unspecified atom stereocenters. The molecule has 324 valence electrons. The predicted octanol–water partition coefficient (Wildman–Crippen LogP) is 7.46. The molecule has 1 saturated carbocycles. The third-order valence-corrected chi connectivity index (χ3v) is 12.6. The Kier molecular flexibility index (Phi) is 15.0. The number of hydrogen-bond acceptors (Lipinski definition) is 13. The summed E-state index contributed by atoms with van der Waals surface area (Å²) < 4.78 is 48.5. The molecule has 3 aliphatic rings. The highest BCUT2D eigenvalue weighted by molar-refractivity contribution is 5.78. The van der Waals surface area contributed by atoms with Crippen molar-refractivity contribution in [3.05, 3.63) is 108 Å². The maximum absolute atomic E-state index is 14.4. The van der Waals surface area contributed by atoms with Crippen LogP contribution in [0.4, 0.5) is 0 Å². The highest BCUT2D eigenvalue weighted by Crippen LogP contribution is 2.68. The average molecular weight is 831 g/mol. The van der Waals surface area contributed by atoms with E-state index in [0.717, 1.165) is 0 Å². The monoisotopic (exact) mass is 830 g/mol. The van der Waals surface area contributed by atoms with Crippen molar-refractivity contribution in [3.63, 3.8) is 0 Å². The number of rotatable bonds is 17. The minimum Gasteiger partial charge on any atom is -0.459 e. The molecule has 13 nitrogen and oxygen atoms in total. The lowest BCUT2D eigenvalue weighted by Crippen LogP contribution is -2.64. The van der Waals surface area contributed by atoms with E-state index in [1.54, 1.807) is 61.5 Å². The van der Waals surface area contributed by atoms with Crippen LogP contribution in [0.15, 0.2) is 97.1 Å². The first kappa shape index (κ1) is 46.0. The molecule has 2 fully saturated rings. The fourth-order valence-electron chi connectivity index (χ4n) is 9.13. The molecule has 60 heavy (non-hydrogen) atoms. The zero-order valence-electron chi connectivity index (χ0n) is 35.8. The maximum Gasteiger partial charge on any atom is 0.340 e. The van der Waals surface area contributed by atoms with Gasteiger partial charge in [-0.1, -0.05) is 108 Å². The molecule has 12 atom stereocenters. The first-order valence-corrected chi connectivity index (χ1v) is 20.4. The van der Waals surface area contributed by atoms with Gasteiger partial charge in [-0.05, 0) is 65.7 Å². The van der Waals surface area contributed by atoms with Crippen LogP contribution in [-0.4, -0.2) is 75.0 Å². The largest absolute Gasteiger partial charge is 0.459 e. The first-order chi connectivity index (χ1) is 28.5. The molecule has 0 aromatic heterocycles. The molecule has 5 rings (SSSR count). The van der Waals surface area contributed by atoms with Crippen LogP contribution in [0.5, 0.6) is 0 Å². The van der Waals surface area contributed by atoms with Gasteiger partial charge < -0.3 is 33.2 Å². The topological polar surface area (TPSA) is 159 Å². The summed E-state index contributed by atoms with van der Waals surface area (Å²) >= 11 is 0. The summed E-state index contributed by atoms with van der Waals surface area (Å²) in [6.45, 7) is 18.2. The molecule has 1 aliphatic heterocycles. The summed E-state index contributed by atoms with van der Waals surface area (Å²) in [5.74, 6) is -4.69. The van der Waals surface area contributed by atoms with Crippen molar-refractivity contribution in [1.82, 2.24) is 0 Å². The zero-order valence-corrected chi connectivity index (χ0v) is 35.8. The Bertz CT molecular complexity index is 1930. The van der Waals surface area contributed by atoms with Crippen LogP contribution >= 0.6 is 0 Å². The van der Waals surface area contributed by atoms with Crippen LogP contribution < -0.4 is 0 Å². The maximum atomic E-state index is 14.4. The van der Waals surface area contributed by atoms with Gasteiger partial charge in [-0.2, -0.15) is 0 Å². The summed E-state index contributed by atoms with van der Waals surface area (Å²) in [6, 6.07) is 17.8. The van der Waals surface area contributed by atoms with E-state index < -0.39 is 95.6 Å². The van der Waals surface area contributed by atoms with Gasteiger partial charge in [0, 0.05) is 33.6 Å². The average Bonchev–Trinajstić information content (AvgIpc) is 3.51. The lowest BCUT2D eigenvalue weighted by atomic mass is 9.44. The van der Waals surface area contributed by atoms with E-state index in [-0.39, 0.29) is 25.2 Å². The number of ether oxygens (including phenoxy) is 8. The van der Waals surface area contributed by atoms with Crippen molar-refractivity contribution in [2.24, 2.45) is 28.6 Å². The number of hydrogen-bond donors (Lipinski definition) is 0. The molecule has 0 bridgehead atoms. The molecule has 1 heterocycles.